The van der Waals surface area contributed by atoms with Crippen LogP contribution in [0.4, 0.5) is 5.69 Å². The first-order valence-corrected chi connectivity index (χ1v) is 8.43. The predicted octanol–water partition coefficient (Wildman–Crippen LogP) is 3.09. The molecule has 132 valence electrons. The number of rotatable bonds is 4. The quantitative estimate of drug-likeness (QED) is 0.844. The normalized spacial score (nSPS) is 17.3. The van der Waals surface area contributed by atoms with E-state index in [2.05, 4.69) is 5.32 Å². The molecule has 1 unspecified atom stereocenters. The molecule has 1 aliphatic heterocycles. The maximum absolute atomic E-state index is 12.5. The van der Waals surface area contributed by atoms with Gasteiger partial charge in [0.25, 0.3) is 0 Å². The molecule has 2 rings (SSSR count). The molecule has 1 atom stereocenters. The van der Waals surface area contributed by atoms with E-state index >= 15 is 0 Å². The van der Waals surface area contributed by atoms with Crippen LogP contribution in [0.25, 0.3) is 0 Å². The third-order valence-corrected chi connectivity index (χ3v) is 4.57. The fourth-order valence-electron chi connectivity index (χ4n) is 2.96. The van der Waals surface area contributed by atoms with Gasteiger partial charge in [-0.15, -0.1) is 0 Å². The molecule has 24 heavy (non-hydrogen) atoms. The van der Waals surface area contributed by atoms with Gasteiger partial charge in [-0.2, -0.15) is 0 Å². The van der Waals surface area contributed by atoms with Gasteiger partial charge in [0, 0.05) is 24.7 Å². The highest BCUT2D eigenvalue weighted by atomic mass is 35.5. The number of carbonyl (C=O) groups excluding carboxylic acids is 2. The van der Waals surface area contributed by atoms with Crippen LogP contribution >= 0.6 is 11.6 Å². The maximum Gasteiger partial charge on any atom is 0.314 e. The Bertz CT molecular complexity index is 621. The average Bonchev–Trinajstić information content (AvgIpc) is 2.61. The molecule has 1 heterocycles. The van der Waals surface area contributed by atoms with Crippen molar-refractivity contribution in [1.82, 2.24) is 4.90 Å². The Morgan fingerprint density at radius 2 is 1.96 bits per heavy atom. The standard InChI is InChI=1S/C17H23ClN2O4/c1-4-11-7-5-6-8-20(11)17(22)16(21)19-13-10-14(23-2)12(18)9-15(13)24-3/h9-11H,4-8H2,1-3H3,(H,19,21). The molecule has 0 spiro atoms. The Hall–Kier alpha value is -1.95. The van der Waals surface area contributed by atoms with Crippen LogP contribution in [-0.4, -0.2) is 43.5 Å². The number of piperidine rings is 1. The third kappa shape index (κ3) is 3.93. The zero-order valence-corrected chi connectivity index (χ0v) is 15.0. The summed E-state index contributed by atoms with van der Waals surface area (Å²) in [6.45, 7) is 2.65. The Balaban J connectivity index is 2.18. The number of nitrogens with zero attached hydrogens (tertiary/aromatic N) is 1. The summed E-state index contributed by atoms with van der Waals surface area (Å²) in [5.74, 6) is -0.437. The van der Waals surface area contributed by atoms with Crippen molar-refractivity contribution < 1.29 is 19.1 Å². The largest absolute Gasteiger partial charge is 0.495 e. The Kier molecular flexibility index (Phi) is 6.31. The summed E-state index contributed by atoms with van der Waals surface area (Å²) in [6, 6.07) is 3.20. The maximum atomic E-state index is 12.5. The van der Waals surface area contributed by atoms with Gasteiger partial charge in [-0.25, -0.2) is 0 Å². The Labute approximate surface area is 147 Å². The van der Waals surface area contributed by atoms with E-state index in [1.165, 1.54) is 20.3 Å². The van der Waals surface area contributed by atoms with Crippen LogP contribution in [-0.2, 0) is 9.59 Å². The highest BCUT2D eigenvalue weighted by Crippen LogP contribution is 2.36. The molecule has 0 radical (unpaired) electrons. The first kappa shape index (κ1) is 18.4. The van der Waals surface area contributed by atoms with Gasteiger partial charge in [0.05, 0.1) is 24.9 Å². The molecule has 1 saturated heterocycles. The summed E-state index contributed by atoms with van der Waals surface area (Å²) in [6.07, 6.45) is 3.80. The van der Waals surface area contributed by atoms with Crippen molar-refractivity contribution in [2.24, 2.45) is 0 Å². The molecule has 0 aliphatic carbocycles. The summed E-state index contributed by atoms with van der Waals surface area (Å²) >= 11 is 6.05. The summed E-state index contributed by atoms with van der Waals surface area (Å²) < 4.78 is 10.4. The second-order valence-electron chi connectivity index (χ2n) is 5.70. The van der Waals surface area contributed by atoms with Crippen LogP contribution in [0.5, 0.6) is 11.5 Å². The molecule has 1 aromatic rings. The van der Waals surface area contributed by atoms with Crippen LogP contribution in [0.15, 0.2) is 12.1 Å². The molecule has 1 fully saturated rings. The summed E-state index contributed by atoms with van der Waals surface area (Å²) in [4.78, 5) is 26.6. The van der Waals surface area contributed by atoms with Crippen LogP contribution in [0.2, 0.25) is 5.02 Å². The number of nitrogens with one attached hydrogen (secondary N) is 1. The van der Waals surface area contributed by atoms with E-state index in [4.69, 9.17) is 21.1 Å². The van der Waals surface area contributed by atoms with E-state index in [-0.39, 0.29) is 6.04 Å². The third-order valence-electron chi connectivity index (χ3n) is 4.28. The van der Waals surface area contributed by atoms with Crippen molar-refractivity contribution in [3.8, 4) is 11.5 Å². The summed E-state index contributed by atoms with van der Waals surface area (Å²) in [7, 11) is 2.94. The van der Waals surface area contributed by atoms with Crippen molar-refractivity contribution >= 4 is 29.1 Å². The SMILES string of the molecule is CCC1CCCCN1C(=O)C(=O)Nc1cc(OC)c(Cl)cc1OC. The summed E-state index contributed by atoms with van der Waals surface area (Å²) in [5.41, 5.74) is 0.349. The van der Waals surface area contributed by atoms with Crippen molar-refractivity contribution in [2.75, 3.05) is 26.1 Å². The van der Waals surface area contributed by atoms with Crippen molar-refractivity contribution in [3.05, 3.63) is 17.2 Å². The lowest BCUT2D eigenvalue weighted by Crippen LogP contribution is -2.48. The highest BCUT2D eigenvalue weighted by Gasteiger charge is 2.30. The topological polar surface area (TPSA) is 67.9 Å². The van der Waals surface area contributed by atoms with Crippen molar-refractivity contribution in [3.63, 3.8) is 0 Å². The number of halogens is 1. The fraction of sp³-hybridized carbons (Fsp3) is 0.529. The lowest BCUT2D eigenvalue weighted by molar-refractivity contribution is -0.145. The number of hydrogen-bond acceptors (Lipinski definition) is 4. The molecular formula is C17H23ClN2O4. The molecule has 0 aromatic heterocycles. The Morgan fingerprint density at radius 1 is 1.25 bits per heavy atom. The van der Waals surface area contributed by atoms with Gasteiger partial charge >= 0.3 is 11.8 Å². The summed E-state index contributed by atoms with van der Waals surface area (Å²) in [5, 5.41) is 2.97. The van der Waals surface area contributed by atoms with E-state index in [9.17, 15) is 9.59 Å². The smallest absolute Gasteiger partial charge is 0.314 e. The van der Waals surface area contributed by atoms with Gasteiger partial charge in [0.1, 0.15) is 11.5 Å². The first-order valence-electron chi connectivity index (χ1n) is 8.05. The molecule has 1 aromatic carbocycles. The first-order chi connectivity index (χ1) is 11.5. The van der Waals surface area contributed by atoms with Crippen LogP contribution < -0.4 is 14.8 Å². The van der Waals surface area contributed by atoms with Crippen LogP contribution in [0.3, 0.4) is 0 Å². The zero-order chi connectivity index (χ0) is 17.7. The number of carbonyl (C=O) groups is 2. The lowest BCUT2D eigenvalue weighted by Gasteiger charge is -2.34. The monoisotopic (exact) mass is 354 g/mol. The van der Waals surface area contributed by atoms with E-state index in [1.807, 2.05) is 6.92 Å². The minimum Gasteiger partial charge on any atom is -0.495 e. The predicted molar refractivity (Wildman–Crippen MR) is 92.8 cm³/mol. The highest BCUT2D eigenvalue weighted by molar-refractivity contribution is 6.40. The second kappa shape index (κ2) is 8.24. The number of methoxy groups -OCH3 is 2. The van der Waals surface area contributed by atoms with Gasteiger partial charge in [0.15, 0.2) is 0 Å². The van der Waals surface area contributed by atoms with Gasteiger partial charge < -0.3 is 19.7 Å². The van der Waals surface area contributed by atoms with Crippen LogP contribution in [0.1, 0.15) is 32.6 Å². The van der Waals surface area contributed by atoms with Gasteiger partial charge in [-0.05, 0) is 25.7 Å². The number of benzene rings is 1. The number of anilines is 1. The second-order valence-corrected chi connectivity index (χ2v) is 6.10. The number of ether oxygens (including phenoxy) is 2. The van der Waals surface area contributed by atoms with E-state index in [0.29, 0.717) is 28.8 Å². The molecular weight excluding hydrogens is 332 g/mol. The van der Waals surface area contributed by atoms with E-state index < -0.39 is 11.8 Å². The Morgan fingerprint density at radius 3 is 2.58 bits per heavy atom. The minimum atomic E-state index is -0.682. The molecule has 0 bridgehead atoms. The molecule has 1 aliphatic rings. The number of amides is 2. The minimum absolute atomic E-state index is 0.124. The van der Waals surface area contributed by atoms with Crippen LogP contribution in [0, 0.1) is 0 Å². The number of likely N-dealkylation sites (tertiary alicyclic amines) is 1. The average molecular weight is 355 g/mol. The van der Waals surface area contributed by atoms with E-state index in [0.717, 1.165) is 25.7 Å². The van der Waals surface area contributed by atoms with Gasteiger partial charge in [-0.3, -0.25) is 9.59 Å². The fourth-order valence-corrected chi connectivity index (χ4v) is 3.19. The zero-order valence-electron chi connectivity index (χ0n) is 14.2. The molecule has 7 heteroatoms. The number of hydrogen-bond donors (Lipinski definition) is 1. The van der Waals surface area contributed by atoms with Crippen molar-refractivity contribution in [2.45, 2.75) is 38.6 Å². The molecule has 1 N–H and O–H groups in total. The van der Waals surface area contributed by atoms with E-state index in [1.54, 1.807) is 11.0 Å². The van der Waals surface area contributed by atoms with Crippen molar-refractivity contribution in [1.29, 1.82) is 0 Å². The molecule has 6 nitrogen and oxygen atoms in total. The van der Waals surface area contributed by atoms with Gasteiger partial charge in [0.2, 0.25) is 0 Å². The van der Waals surface area contributed by atoms with Gasteiger partial charge in [-0.1, -0.05) is 18.5 Å². The lowest BCUT2D eigenvalue weighted by atomic mass is 10.00. The molecule has 2 amide bonds. The molecule has 0 saturated carbocycles.